The maximum Gasteiger partial charge on any atom is 0.446 e. The molecule has 1 aliphatic rings. The van der Waals surface area contributed by atoms with Crippen molar-refractivity contribution in [2.45, 2.75) is 16.9 Å². The first kappa shape index (κ1) is 23.5. The van der Waals surface area contributed by atoms with Gasteiger partial charge in [0.05, 0.1) is 0 Å². The molecule has 2 aromatic rings. The van der Waals surface area contributed by atoms with Crippen molar-refractivity contribution in [1.29, 1.82) is 0 Å². The quantitative estimate of drug-likeness (QED) is 0.205. The normalized spacial score (nSPS) is 15.5. The summed E-state index contributed by atoms with van der Waals surface area (Å²) in [5.74, 6) is 5.92. The van der Waals surface area contributed by atoms with Crippen molar-refractivity contribution in [3.05, 3.63) is 54.1 Å². The predicted octanol–water partition coefficient (Wildman–Crippen LogP) is 3.11. The molecule has 1 heterocycles. The van der Waals surface area contributed by atoms with Crippen molar-refractivity contribution < 1.29 is 22.7 Å². The number of rotatable bonds is 5. The second-order valence-corrected chi connectivity index (χ2v) is 8.11. The van der Waals surface area contributed by atoms with E-state index in [0.29, 0.717) is 44.2 Å². The molecule has 32 heavy (non-hydrogen) atoms. The fraction of sp³-hybridized carbons (Fsp3) is 0.300. The predicted molar refractivity (Wildman–Crippen MR) is 116 cm³/mol. The third-order valence-electron chi connectivity index (χ3n) is 4.63. The molecule has 5 N–H and O–H groups in total. The molecule has 12 heteroatoms. The Morgan fingerprint density at radius 2 is 1.78 bits per heavy atom. The lowest BCUT2D eigenvalue weighted by Crippen LogP contribution is -2.53. The van der Waals surface area contributed by atoms with Crippen LogP contribution >= 0.6 is 11.8 Å². The second kappa shape index (κ2) is 10.5. The van der Waals surface area contributed by atoms with E-state index >= 15 is 0 Å². The van der Waals surface area contributed by atoms with E-state index in [1.165, 1.54) is 24.3 Å². The highest BCUT2D eigenvalue weighted by Crippen LogP contribution is 2.37. The summed E-state index contributed by atoms with van der Waals surface area (Å²) in [5, 5.41) is 5.62. The summed E-state index contributed by atoms with van der Waals surface area (Å²) in [7, 11) is 0. The number of thioether (sulfide) groups is 1. The molecule has 0 saturated carbocycles. The third-order valence-corrected chi connectivity index (χ3v) is 5.37. The van der Waals surface area contributed by atoms with Crippen LogP contribution in [0.5, 0.6) is 11.5 Å². The van der Waals surface area contributed by atoms with Gasteiger partial charge in [-0.25, -0.2) is 4.79 Å². The van der Waals surface area contributed by atoms with Gasteiger partial charge in [0, 0.05) is 37.6 Å². The van der Waals surface area contributed by atoms with E-state index in [9.17, 15) is 18.0 Å². The van der Waals surface area contributed by atoms with E-state index in [1.54, 1.807) is 11.0 Å². The lowest BCUT2D eigenvalue weighted by atomic mass is 10.2. The number of nitrogens with zero attached hydrogens (tertiary/aromatic N) is 3. The van der Waals surface area contributed by atoms with E-state index in [0.717, 1.165) is 5.56 Å². The maximum absolute atomic E-state index is 12.4. The molecule has 0 unspecified atom stereocenters. The van der Waals surface area contributed by atoms with Crippen molar-refractivity contribution in [3.8, 4) is 11.5 Å². The Labute approximate surface area is 187 Å². The first-order valence-electron chi connectivity index (χ1n) is 9.66. The number of carbonyl (C=O) groups is 1. The zero-order valence-corrected chi connectivity index (χ0v) is 17.8. The summed E-state index contributed by atoms with van der Waals surface area (Å²) >= 11 is -0.164. The van der Waals surface area contributed by atoms with Crippen molar-refractivity contribution in [2.75, 3.05) is 26.2 Å². The topological polar surface area (TPSA) is 109 Å². The van der Waals surface area contributed by atoms with Gasteiger partial charge in [0.1, 0.15) is 11.5 Å². The summed E-state index contributed by atoms with van der Waals surface area (Å²) in [6, 6.07) is 12.9. The average molecular weight is 469 g/mol. The number of alkyl halides is 3. The van der Waals surface area contributed by atoms with Gasteiger partial charge < -0.3 is 21.2 Å². The van der Waals surface area contributed by atoms with Crippen LogP contribution in [-0.4, -0.2) is 53.5 Å². The van der Waals surface area contributed by atoms with Crippen LogP contribution in [0.15, 0.2) is 58.5 Å². The fourth-order valence-electron chi connectivity index (χ4n) is 3.14. The molecule has 172 valence electrons. The van der Waals surface area contributed by atoms with Gasteiger partial charge in [0.25, 0.3) is 0 Å². The average Bonchev–Trinajstić information content (AvgIpc) is 2.75. The number of halogens is 3. The summed E-state index contributed by atoms with van der Waals surface area (Å²) in [6.45, 7) is 3.08. The molecular formula is C20H23F3N6O2S. The van der Waals surface area contributed by atoms with E-state index < -0.39 is 5.51 Å². The van der Waals surface area contributed by atoms with Gasteiger partial charge in [-0.3, -0.25) is 10.2 Å². The van der Waals surface area contributed by atoms with Crippen LogP contribution in [-0.2, 0) is 6.54 Å². The van der Waals surface area contributed by atoms with Crippen molar-refractivity contribution in [1.82, 2.24) is 15.1 Å². The van der Waals surface area contributed by atoms with Gasteiger partial charge in [0.15, 0.2) is 0 Å². The van der Waals surface area contributed by atoms with E-state index in [2.05, 4.69) is 15.3 Å². The molecule has 0 atom stereocenters. The number of ether oxygens (including phenoxy) is 1. The lowest BCUT2D eigenvalue weighted by molar-refractivity contribution is -0.0328. The van der Waals surface area contributed by atoms with Gasteiger partial charge in [-0.05, 0) is 53.7 Å². The second-order valence-electron chi connectivity index (χ2n) is 6.98. The number of hydrogen-bond donors (Lipinski definition) is 3. The first-order chi connectivity index (χ1) is 15.2. The molecule has 2 aromatic carbocycles. The largest absolute Gasteiger partial charge is 0.457 e. The molecule has 8 nitrogen and oxygen atoms in total. The Bertz CT molecular complexity index is 947. The minimum Gasteiger partial charge on any atom is -0.457 e. The van der Waals surface area contributed by atoms with Crippen LogP contribution in [0, 0.1) is 0 Å². The number of urea groups is 1. The maximum atomic E-state index is 12.4. The molecule has 1 saturated heterocycles. The highest BCUT2D eigenvalue weighted by molar-refractivity contribution is 8.00. The number of nitrogens with one attached hydrogen (secondary N) is 1. The van der Waals surface area contributed by atoms with E-state index in [-0.39, 0.29) is 28.6 Å². The Morgan fingerprint density at radius 3 is 2.41 bits per heavy atom. The minimum absolute atomic E-state index is 0.101. The van der Waals surface area contributed by atoms with Crippen LogP contribution in [0.2, 0.25) is 0 Å². The van der Waals surface area contributed by atoms with Crippen LogP contribution in [0.4, 0.5) is 18.0 Å². The lowest BCUT2D eigenvalue weighted by Gasteiger charge is -2.34. The number of carbonyl (C=O) groups excluding carboxylic acids is 1. The Hall–Kier alpha value is -3.12. The molecular weight excluding hydrogens is 445 g/mol. The van der Waals surface area contributed by atoms with Crippen LogP contribution in [0.25, 0.3) is 0 Å². The van der Waals surface area contributed by atoms with Gasteiger partial charge in [-0.2, -0.15) is 13.2 Å². The SMILES string of the molecule is N/N=C(\N)NC(=O)N1CCN(Cc2cccc(Oc3ccc(SC(F)(F)F)cc3)c2)CC1. The number of hydrogen-bond acceptors (Lipinski definition) is 6. The standard InChI is InChI=1S/C20H23F3N6O2S/c21-20(22,23)32-17-6-4-15(5-7-17)31-16-3-1-2-14(12-16)13-28-8-10-29(11-9-28)19(30)26-18(24)27-25/h1-7,12H,8-11,13,25H2,(H3,24,26,27,30). The van der Waals surface area contributed by atoms with E-state index in [4.69, 9.17) is 16.3 Å². The number of hydrazone groups is 1. The monoisotopic (exact) mass is 468 g/mol. The Kier molecular flexibility index (Phi) is 7.70. The van der Waals surface area contributed by atoms with E-state index in [1.807, 2.05) is 18.2 Å². The van der Waals surface area contributed by atoms with Crippen molar-refractivity contribution in [2.24, 2.45) is 16.7 Å². The summed E-state index contributed by atoms with van der Waals surface area (Å²) in [5.41, 5.74) is 2.11. The number of guanidine groups is 1. The molecule has 0 spiro atoms. The van der Waals surface area contributed by atoms with Crippen LogP contribution in [0.1, 0.15) is 5.56 Å². The molecule has 1 aliphatic heterocycles. The molecule has 2 amide bonds. The molecule has 1 fully saturated rings. The Morgan fingerprint density at radius 1 is 1.09 bits per heavy atom. The van der Waals surface area contributed by atoms with Gasteiger partial charge in [-0.15, -0.1) is 5.10 Å². The first-order valence-corrected chi connectivity index (χ1v) is 10.5. The summed E-state index contributed by atoms with van der Waals surface area (Å²) < 4.78 is 43.1. The molecule has 0 radical (unpaired) electrons. The molecule has 0 bridgehead atoms. The van der Waals surface area contributed by atoms with Crippen molar-refractivity contribution >= 4 is 23.8 Å². The molecule has 0 aromatic heterocycles. The van der Waals surface area contributed by atoms with Crippen LogP contribution < -0.4 is 21.6 Å². The third kappa shape index (κ3) is 7.24. The van der Waals surface area contributed by atoms with Gasteiger partial charge >= 0.3 is 11.5 Å². The zero-order chi connectivity index (χ0) is 23.1. The molecule has 0 aliphatic carbocycles. The number of benzene rings is 2. The minimum atomic E-state index is -4.32. The van der Waals surface area contributed by atoms with Crippen molar-refractivity contribution in [3.63, 3.8) is 0 Å². The highest BCUT2D eigenvalue weighted by atomic mass is 32.2. The summed E-state index contributed by atoms with van der Waals surface area (Å²) in [6.07, 6.45) is 0. The zero-order valence-electron chi connectivity index (χ0n) is 17.0. The van der Waals surface area contributed by atoms with Gasteiger partial charge in [0.2, 0.25) is 5.96 Å². The number of amides is 2. The molecule has 3 rings (SSSR count). The van der Waals surface area contributed by atoms with Crippen LogP contribution in [0.3, 0.4) is 0 Å². The smallest absolute Gasteiger partial charge is 0.446 e. The number of nitrogens with two attached hydrogens (primary N) is 2. The Balaban J connectivity index is 1.52. The van der Waals surface area contributed by atoms with Gasteiger partial charge in [-0.1, -0.05) is 12.1 Å². The highest BCUT2D eigenvalue weighted by Gasteiger charge is 2.29. The number of piperazine rings is 1. The fourth-order valence-corrected chi connectivity index (χ4v) is 3.68. The summed E-state index contributed by atoms with van der Waals surface area (Å²) in [4.78, 5) is 16.0.